The summed E-state index contributed by atoms with van der Waals surface area (Å²) in [4.78, 5) is 12.3. The Balaban J connectivity index is 1.86. The summed E-state index contributed by atoms with van der Waals surface area (Å²) >= 11 is 5.91. The number of halogens is 2. The van der Waals surface area contributed by atoms with Crippen LogP contribution in [0.5, 0.6) is 0 Å². The molecule has 0 aromatic heterocycles. The molecule has 1 atom stereocenters. The van der Waals surface area contributed by atoms with Crippen LogP contribution >= 0.6 is 11.6 Å². The number of rotatable bonds is 4. The molecule has 2 aromatic carbocycles. The summed E-state index contributed by atoms with van der Waals surface area (Å²) in [6, 6.07) is 9.32. The van der Waals surface area contributed by atoms with Crippen molar-refractivity contribution >= 4 is 33.2 Å². The number of amides is 1. The minimum absolute atomic E-state index is 0.175. The molecule has 1 fully saturated rings. The maximum Gasteiger partial charge on any atom is 0.246 e. The number of benzene rings is 2. The quantitative estimate of drug-likeness (QED) is 0.858. The van der Waals surface area contributed by atoms with E-state index in [0.717, 1.165) is 15.9 Å². The van der Waals surface area contributed by atoms with Gasteiger partial charge >= 0.3 is 0 Å². The topological polar surface area (TPSA) is 66.5 Å². The van der Waals surface area contributed by atoms with Crippen molar-refractivity contribution in [3.05, 3.63) is 58.9 Å². The third kappa shape index (κ3) is 3.60. The highest BCUT2D eigenvalue weighted by atomic mass is 35.5. The highest BCUT2D eigenvalue weighted by molar-refractivity contribution is 7.89. The number of nitrogens with one attached hydrogen (secondary N) is 1. The Bertz CT molecular complexity index is 949. The molecule has 0 spiro atoms. The molecule has 1 amide bonds. The van der Waals surface area contributed by atoms with E-state index in [4.69, 9.17) is 11.6 Å². The fourth-order valence-electron chi connectivity index (χ4n) is 3.05. The maximum atomic E-state index is 14.0. The number of nitrogens with zero attached hydrogens (tertiary/aromatic N) is 1. The molecular weight excluding hydrogens is 379 g/mol. The summed E-state index contributed by atoms with van der Waals surface area (Å²) in [6.45, 7) is 1.97. The molecule has 0 bridgehead atoms. The number of sulfonamides is 1. The average molecular weight is 397 g/mol. The van der Waals surface area contributed by atoms with Crippen LogP contribution in [0.2, 0.25) is 5.02 Å². The summed E-state index contributed by atoms with van der Waals surface area (Å²) in [5.41, 5.74) is 1.34. The minimum Gasteiger partial charge on any atom is -0.324 e. The van der Waals surface area contributed by atoms with Gasteiger partial charge < -0.3 is 5.32 Å². The van der Waals surface area contributed by atoms with Crippen molar-refractivity contribution in [2.24, 2.45) is 0 Å². The van der Waals surface area contributed by atoms with Gasteiger partial charge in [0.1, 0.15) is 16.8 Å². The van der Waals surface area contributed by atoms with Crippen LogP contribution in [0.25, 0.3) is 0 Å². The zero-order valence-corrected chi connectivity index (χ0v) is 15.6. The van der Waals surface area contributed by atoms with Gasteiger partial charge in [-0.05, 0) is 55.7 Å². The first-order valence-electron chi connectivity index (χ1n) is 8.14. The predicted molar refractivity (Wildman–Crippen MR) is 98.1 cm³/mol. The second-order valence-electron chi connectivity index (χ2n) is 6.15. The monoisotopic (exact) mass is 396 g/mol. The highest BCUT2D eigenvalue weighted by Crippen LogP contribution is 2.29. The summed E-state index contributed by atoms with van der Waals surface area (Å²) in [6.07, 6.45) is 0.914. The summed E-state index contributed by atoms with van der Waals surface area (Å²) in [5, 5.41) is 3.30. The Hall–Kier alpha value is -1.96. The van der Waals surface area contributed by atoms with Crippen LogP contribution in [0, 0.1) is 12.7 Å². The summed E-state index contributed by atoms with van der Waals surface area (Å²) < 4.78 is 40.7. The lowest BCUT2D eigenvalue weighted by molar-refractivity contribution is -0.119. The van der Waals surface area contributed by atoms with Crippen LogP contribution in [0.1, 0.15) is 18.4 Å². The van der Waals surface area contributed by atoms with Crippen LogP contribution in [-0.2, 0) is 14.8 Å². The molecule has 138 valence electrons. The summed E-state index contributed by atoms with van der Waals surface area (Å²) in [7, 11) is -4.10. The molecule has 1 saturated heterocycles. The predicted octanol–water partition coefficient (Wildman–Crippen LogP) is 3.58. The standard InChI is InChI=1S/C18H18ClFN2O3S/c1-12-11-13(19)8-9-15(12)21-18(23)16-6-4-10-22(16)26(24,25)17-7-3-2-5-14(17)20/h2-3,5,7-9,11,16H,4,6,10H2,1H3,(H,21,23). The van der Waals surface area contributed by atoms with Crippen molar-refractivity contribution in [3.8, 4) is 0 Å². The van der Waals surface area contributed by atoms with Gasteiger partial charge in [0, 0.05) is 17.3 Å². The zero-order chi connectivity index (χ0) is 18.9. The van der Waals surface area contributed by atoms with Gasteiger partial charge in [0.2, 0.25) is 15.9 Å². The van der Waals surface area contributed by atoms with Gasteiger partial charge in [-0.1, -0.05) is 23.7 Å². The SMILES string of the molecule is Cc1cc(Cl)ccc1NC(=O)C1CCCN1S(=O)(=O)c1ccccc1F. The molecule has 5 nitrogen and oxygen atoms in total. The molecule has 1 heterocycles. The van der Waals surface area contributed by atoms with Crippen molar-refractivity contribution in [1.82, 2.24) is 4.31 Å². The van der Waals surface area contributed by atoms with Gasteiger partial charge in [0.15, 0.2) is 0 Å². The molecule has 1 unspecified atom stereocenters. The molecule has 26 heavy (non-hydrogen) atoms. The van der Waals surface area contributed by atoms with E-state index in [9.17, 15) is 17.6 Å². The van der Waals surface area contributed by atoms with E-state index in [1.165, 1.54) is 18.2 Å². The average Bonchev–Trinajstić information content (AvgIpc) is 3.08. The van der Waals surface area contributed by atoms with Gasteiger partial charge in [-0.2, -0.15) is 4.31 Å². The Morgan fingerprint density at radius 2 is 2.00 bits per heavy atom. The van der Waals surface area contributed by atoms with Gasteiger partial charge in [-0.25, -0.2) is 12.8 Å². The Morgan fingerprint density at radius 1 is 1.27 bits per heavy atom. The Labute approximate surface area is 156 Å². The van der Waals surface area contributed by atoms with E-state index >= 15 is 0 Å². The fourth-order valence-corrected chi connectivity index (χ4v) is 5.00. The molecule has 0 aliphatic carbocycles. The first-order valence-corrected chi connectivity index (χ1v) is 9.96. The fraction of sp³-hybridized carbons (Fsp3) is 0.278. The molecule has 1 aliphatic rings. The van der Waals surface area contributed by atoms with Crippen molar-refractivity contribution in [2.75, 3.05) is 11.9 Å². The maximum absolute atomic E-state index is 14.0. The summed E-state index contributed by atoms with van der Waals surface area (Å²) in [5.74, 6) is -1.26. The molecule has 0 radical (unpaired) electrons. The smallest absolute Gasteiger partial charge is 0.246 e. The van der Waals surface area contributed by atoms with Crippen molar-refractivity contribution in [3.63, 3.8) is 0 Å². The lowest BCUT2D eigenvalue weighted by Gasteiger charge is -2.24. The molecule has 1 aliphatic heterocycles. The van der Waals surface area contributed by atoms with Crippen LogP contribution in [-0.4, -0.2) is 31.2 Å². The van der Waals surface area contributed by atoms with Crippen LogP contribution in [0.4, 0.5) is 10.1 Å². The van der Waals surface area contributed by atoms with Gasteiger partial charge in [0.05, 0.1) is 0 Å². The number of anilines is 1. The number of aryl methyl sites for hydroxylation is 1. The van der Waals surface area contributed by atoms with Gasteiger partial charge in [0.25, 0.3) is 0 Å². The normalized spacial score (nSPS) is 18.0. The number of carbonyl (C=O) groups excluding carboxylic acids is 1. The van der Waals surface area contributed by atoms with Crippen molar-refractivity contribution in [1.29, 1.82) is 0 Å². The van der Waals surface area contributed by atoms with Crippen molar-refractivity contribution in [2.45, 2.75) is 30.7 Å². The first-order chi connectivity index (χ1) is 12.3. The second kappa shape index (κ2) is 7.34. The van der Waals surface area contributed by atoms with Gasteiger partial charge in [-0.3, -0.25) is 4.79 Å². The lowest BCUT2D eigenvalue weighted by Crippen LogP contribution is -2.43. The zero-order valence-electron chi connectivity index (χ0n) is 14.1. The highest BCUT2D eigenvalue weighted by Gasteiger charge is 2.40. The van der Waals surface area contributed by atoms with E-state index in [2.05, 4.69) is 5.32 Å². The van der Waals surface area contributed by atoms with E-state index in [0.29, 0.717) is 23.6 Å². The lowest BCUT2D eigenvalue weighted by atomic mass is 10.1. The van der Waals surface area contributed by atoms with Gasteiger partial charge in [-0.15, -0.1) is 0 Å². The Morgan fingerprint density at radius 3 is 2.69 bits per heavy atom. The molecule has 1 N–H and O–H groups in total. The first kappa shape index (κ1) is 18.8. The Kier molecular flexibility index (Phi) is 5.32. The number of hydrogen-bond donors (Lipinski definition) is 1. The molecular formula is C18H18ClFN2O3S. The number of carbonyl (C=O) groups is 1. The van der Waals surface area contributed by atoms with Crippen molar-refractivity contribution < 1.29 is 17.6 Å². The van der Waals surface area contributed by atoms with Crippen LogP contribution in [0.3, 0.4) is 0 Å². The third-order valence-corrected chi connectivity index (χ3v) is 6.55. The number of hydrogen-bond acceptors (Lipinski definition) is 3. The van der Waals surface area contributed by atoms with E-state index < -0.39 is 32.7 Å². The van der Waals surface area contributed by atoms with E-state index in [1.54, 1.807) is 25.1 Å². The van der Waals surface area contributed by atoms with Crippen LogP contribution < -0.4 is 5.32 Å². The molecule has 2 aromatic rings. The third-order valence-electron chi connectivity index (χ3n) is 4.38. The largest absolute Gasteiger partial charge is 0.324 e. The second-order valence-corrected chi connectivity index (χ2v) is 8.45. The molecule has 0 saturated carbocycles. The minimum atomic E-state index is -4.10. The van der Waals surface area contributed by atoms with E-state index in [1.807, 2.05) is 0 Å². The molecule has 3 rings (SSSR count). The van der Waals surface area contributed by atoms with Crippen LogP contribution in [0.15, 0.2) is 47.4 Å². The molecule has 8 heteroatoms. The van der Waals surface area contributed by atoms with E-state index in [-0.39, 0.29) is 6.54 Å².